The first-order valence-corrected chi connectivity index (χ1v) is 5.68. The van der Waals surface area contributed by atoms with Crippen LogP contribution in [0.2, 0.25) is 0 Å². The molecule has 1 atom stereocenters. The fourth-order valence-corrected chi connectivity index (χ4v) is 1.54. The van der Waals surface area contributed by atoms with Crippen molar-refractivity contribution in [2.75, 3.05) is 13.7 Å². The Labute approximate surface area is 102 Å². The Kier molecular flexibility index (Phi) is 4.97. The Bertz CT molecular complexity index is 377. The minimum atomic E-state index is -0.908. The van der Waals surface area contributed by atoms with E-state index in [0.717, 1.165) is 11.3 Å². The molecule has 0 aromatic heterocycles. The number of carbonyl (C=O) groups is 1. The van der Waals surface area contributed by atoms with Crippen molar-refractivity contribution >= 4 is 5.97 Å². The van der Waals surface area contributed by atoms with Crippen LogP contribution in [0.3, 0.4) is 0 Å². The minimum absolute atomic E-state index is 0.121. The molecule has 0 saturated heterocycles. The second-order valence-electron chi connectivity index (χ2n) is 4.18. The third kappa shape index (κ3) is 3.75. The van der Waals surface area contributed by atoms with Crippen LogP contribution in [0, 0.1) is 0 Å². The predicted molar refractivity (Wildman–Crippen MR) is 66.5 cm³/mol. The SMILES string of the molecule is CNC(COc1ccccc1C(C)C)C(=O)O. The van der Waals surface area contributed by atoms with Gasteiger partial charge in [0.2, 0.25) is 0 Å². The summed E-state index contributed by atoms with van der Waals surface area (Å²) in [5, 5.41) is 11.6. The molecule has 1 aromatic rings. The first-order chi connectivity index (χ1) is 8.06. The number of nitrogens with one attached hydrogen (secondary N) is 1. The summed E-state index contributed by atoms with van der Waals surface area (Å²) in [5.41, 5.74) is 1.09. The number of hydrogen-bond acceptors (Lipinski definition) is 3. The summed E-state index contributed by atoms with van der Waals surface area (Å²) >= 11 is 0. The number of para-hydroxylation sites is 1. The van der Waals surface area contributed by atoms with E-state index in [1.54, 1.807) is 7.05 Å². The quantitative estimate of drug-likeness (QED) is 0.793. The van der Waals surface area contributed by atoms with Gasteiger partial charge in [0.05, 0.1) is 0 Å². The Morgan fingerprint density at radius 2 is 2.06 bits per heavy atom. The molecular formula is C13H19NO3. The van der Waals surface area contributed by atoms with Crippen LogP contribution in [0.15, 0.2) is 24.3 Å². The summed E-state index contributed by atoms with van der Waals surface area (Å²) in [5.74, 6) is 0.197. The minimum Gasteiger partial charge on any atom is -0.491 e. The highest BCUT2D eigenvalue weighted by molar-refractivity contribution is 5.73. The van der Waals surface area contributed by atoms with Crippen LogP contribution >= 0.6 is 0 Å². The Morgan fingerprint density at radius 3 is 2.59 bits per heavy atom. The number of aliphatic carboxylic acids is 1. The molecule has 1 rings (SSSR count). The van der Waals surface area contributed by atoms with Gasteiger partial charge in [-0.05, 0) is 24.6 Å². The second-order valence-corrected chi connectivity index (χ2v) is 4.18. The van der Waals surface area contributed by atoms with Crippen molar-refractivity contribution < 1.29 is 14.6 Å². The molecule has 1 unspecified atom stereocenters. The molecule has 0 spiro atoms. The molecule has 0 aliphatic heterocycles. The lowest BCUT2D eigenvalue weighted by Gasteiger charge is -2.16. The molecule has 1 aromatic carbocycles. The van der Waals surface area contributed by atoms with Gasteiger partial charge in [-0.2, -0.15) is 0 Å². The first kappa shape index (κ1) is 13.5. The molecule has 17 heavy (non-hydrogen) atoms. The third-order valence-electron chi connectivity index (χ3n) is 2.59. The Hall–Kier alpha value is -1.55. The lowest BCUT2D eigenvalue weighted by atomic mass is 10.0. The normalized spacial score (nSPS) is 12.5. The average Bonchev–Trinajstić information content (AvgIpc) is 2.29. The highest BCUT2D eigenvalue weighted by atomic mass is 16.5. The summed E-state index contributed by atoms with van der Waals surface area (Å²) in [6.45, 7) is 4.28. The largest absolute Gasteiger partial charge is 0.491 e. The van der Waals surface area contributed by atoms with E-state index in [0.29, 0.717) is 5.92 Å². The molecule has 0 radical (unpaired) electrons. The van der Waals surface area contributed by atoms with Gasteiger partial charge in [0.1, 0.15) is 18.4 Å². The smallest absolute Gasteiger partial charge is 0.324 e. The van der Waals surface area contributed by atoms with Gasteiger partial charge in [-0.25, -0.2) is 0 Å². The van der Waals surface area contributed by atoms with E-state index in [1.807, 2.05) is 24.3 Å². The molecule has 0 saturated carbocycles. The number of likely N-dealkylation sites (N-methyl/N-ethyl adjacent to an activating group) is 1. The predicted octanol–water partition coefficient (Wildman–Crippen LogP) is 1.86. The van der Waals surface area contributed by atoms with Crippen LogP contribution in [-0.2, 0) is 4.79 Å². The van der Waals surface area contributed by atoms with E-state index in [9.17, 15) is 4.79 Å². The molecule has 2 N–H and O–H groups in total. The van der Waals surface area contributed by atoms with E-state index in [2.05, 4.69) is 19.2 Å². The maximum absolute atomic E-state index is 10.8. The average molecular weight is 237 g/mol. The first-order valence-electron chi connectivity index (χ1n) is 5.68. The molecule has 0 aliphatic carbocycles. The fourth-order valence-electron chi connectivity index (χ4n) is 1.54. The van der Waals surface area contributed by atoms with Gasteiger partial charge in [0, 0.05) is 0 Å². The summed E-state index contributed by atoms with van der Waals surface area (Å²) in [6.07, 6.45) is 0. The third-order valence-corrected chi connectivity index (χ3v) is 2.59. The van der Waals surface area contributed by atoms with E-state index in [4.69, 9.17) is 9.84 Å². The maximum Gasteiger partial charge on any atom is 0.324 e. The van der Waals surface area contributed by atoms with E-state index in [-0.39, 0.29) is 6.61 Å². The van der Waals surface area contributed by atoms with Gasteiger partial charge in [0.15, 0.2) is 0 Å². The molecule has 0 heterocycles. The van der Waals surface area contributed by atoms with Crippen molar-refractivity contribution in [1.82, 2.24) is 5.32 Å². The second kappa shape index (κ2) is 6.25. The van der Waals surface area contributed by atoms with Crippen LogP contribution < -0.4 is 10.1 Å². The summed E-state index contributed by atoms with van der Waals surface area (Å²) in [7, 11) is 1.61. The highest BCUT2D eigenvalue weighted by Gasteiger charge is 2.16. The lowest BCUT2D eigenvalue weighted by Crippen LogP contribution is -2.39. The molecule has 0 aliphatic rings. The zero-order chi connectivity index (χ0) is 12.8. The highest BCUT2D eigenvalue weighted by Crippen LogP contribution is 2.25. The van der Waals surface area contributed by atoms with Crippen molar-refractivity contribution in [3.8, 4) is 5.75 Å². The number of rotatable bonds is 6. The molecule has 4 heteroatoms. The molecule has 0 amide bonds. The standard InChI is InChI=1S/C13H19NO3/c1-9(2)10-6-4-5-7-12(10)17-8-11(14-3)13(15)16/h4-7,9,11,14H,8H2,1-3H3,(H,15,16). The number of carboxylic acids is 1. The Morgan fingerprint density at radius 1 is 1.41 bits per heavy atom. The van der Waals surface area contributed by atoms with Gasteiger partial charge < -0.3 is 15.2 Å². The van der Waals surface area contributed by atoms with Gasteiger partial charge >= 0.3 is 5.97 Å². The van der Waals surface area contributed by atoms with E-state index in [1.165, 1.54) is 0 Å². The van der Waals surface area contributed by atoms with Crippen molar-refractivity contribution in [1.29, 1.82) is 0 Å². The number of ether oxygens (including phenoxy) is 1. The monoisotopic (exact) mass is 237 g/mol. The van der Waals surface area contributed by atoms with Crippen LogP contribution in [0.1, 0.15) is 25.3 Å². The number of benzene rings is 1. The zero-order valence-electron chi connectivity index (χ0n) is 10.4. The van der Waals surface area contributed by atoms with Crippen LogP contribution in [-0.4, -0.2) is 30.8 Å². The van der Waals surface area contributed by atoms with Crippen molar-refractivity contribution in [3.05, 3.63) is 29.8 Å². The van der Waals surface area contributed by atoms with E-state index < -0.39 is 12.0 Å². The van der Waals surface area contributed by atoms with Crippen LogP contribution in [0.25, 0.3) is 0 Å². The summed E-state index contributed by atoms with van der Waals surface area (Å²) in [4.78, 5) is 10.8. The van der Waals surface area contributed by atoms with E-state index >= 15 is 0 Å². The van der Waals surface area contributed by atoms with Crippen LogP contribution in [0.4, 0.5) is 0 Å². The van der Waals surface area contributed by atoms with Crippen molar-refractivity contribution in [2.24, 2.45) is 0 Å². The molecule has 94 valence electrons. The summed E-state index contributed by atoms with van der Waals surface area (Å²) in [6, 6.07) is 7.01. The topological polar surface area (TPSA) is 58.6 Å². The van der Waals surface area contributed by atoms with Crippen LogP contribution in [0.5, 0.6) is 5.75 Å². The molecule has 4 nitrogen and oxygen atoms in total. The molecule has 0 fully saturated rings. The lowest BCUT2D eigenvalue weighted by molar-refractivity contribution is -0.140. The van der Waals surface area contributed by atoms with Gasteiger partial charge in [-0.1, -0.05) is 32.0 Å². The van der Waals surface area contributed by atoms with Gasteiger partial charge in [-0.15, -0.1) is 0 Å². The Balaban J connectivity index is 2.71. The molecule has 0 bridgehead atoms. The van der Waals surface area contributed by atoms with Crippen molar-refractivity contribution in [3.63, 3.8) is 0 Å². The maximum atomic E-state index is 10.8. The van der Waals surface area contributed by atoms with Gasteiger partial charge in [-0.3, -0.25) is 4.79 Å². The van der Waals surface area contributed by atoms with Crippen molar-refractivity contribution in [2.45, 2.75) is 25.8 Å². The number of hydrogen-bond donors (Lipinski definition) is 2. The fraction of sp³-hybridized carbons (Fsp3) is 0.462. The summed E-state index contributed by atoms with van der Waals surface area (Å²) < 4.78 is 5.57. The zero-order valence-corrected chi connectivity index (χ0v) is 10.4. The number of carboxylic acid groups (broad SMARTS) is 1. The van der Waals surface area contributed by atoms with Gasteiger partial charge in [0.25, 0.3) is 0 Å². The molecular weight excluding hydrogens is 218 g/mol.